The van der Waals surface area contributed by atoms with E-state index in [-0.39, 0.29) is 17.6 Å². The molecule has 0 radical (unpaired) electrons. The second-order valence-electron chi connectivity index (χ2n) is 5.56. The highest BCUT2D eigenvalue weighted by Gasteiger charge is 2.36. The van der Waals surface area contributed by atoms with E-state index in [4.69, 9.17) is 4.74 Å². The lowest BCUT2D eigenvalue weighted by Crippen LogP contribution is -2.42. The Morgan fingerprint density at radius 1 is 1.21 bits per heavy atom. The van der Waals surface area contributed by atoms with E-state index in [2.05, 4.69) is 20.8 Å². The molecular formula is C12H24O2. The van der Waals surface area contributed by atoms with Crippen LogP contribution in [0.4, 0.5) is 0 Å². The molecule has 1 fully saturated rings. The van der Waals surface area contributed by atoms with E-state index in [1.54, 1.807) is 7.11 Å². The van der Waals surface area contributed by atoms with Crippen molar-refractivity contribution in [1.29, 1.82) is 0 Å². The van der Waals surface area contributed by atoms with Gasteiger partial charge in [0, 0.05) is 7.11 Å². The number of ether oxygens (including phenoxy) is 1. The second-order valence-corrected chi connectivity index (χ2v) is 5.56. The van der Waals surface area contributed by atoms with E-state index in [0.29, 0.717) is 5.92 Å². The van der Waals surface area contributed by atoms with E-state index in [9.17, 15) is 5.11 Å². The third-order valence-electron chi connectivity index (χ3n) is 3.30. The fourth-order valence-electron chi connectivity index (χ4n) is 2.55. The zero-order valence-electron chi connectivity index (χ0n) is 9.92. The first-order valence-electron chi connectivity index (χ1n) is 5.67. The standard InChI is InChI=1S/C12H24O2/c1-12(2,3)11(14-4)10(13)9-7-5-6-8-9/h9-11,13H,5-8H2,1-4H3. The number of hydrogen-bond acceptors (Lipinski definition) is 2. The van der Waals surface area contributed by atoms with Crippen LogP contribution in [-0.2, 0) is 4.74 Å². The predicted octanol–water partition coefficient (Wildman–Crippen LogP) is 2.60. The number of methoxy groups -OCH3 is 1. The van der Waals surface area contributed by atoms with E-state index in [0.717, 1.165) is 12.8 Å². The molecule has 0 bridgehead atoms. The van der Waals surface area contributed by atoms with Crippen molar-refractivity contribution in [2.24, 2.45) is 11.3 Å². The fraction of sp³-hybridized carbons (Fsp3) is 1.00. The monoisotopic (exact) mass is 200 g/mol. The average Bonchev–Trinajstić information content (AvgIpc) is 2.53. The van der Waals surface area contributed by atoms with Gasteiger partial charge in [0.05, 0.1) is 12.2 Å². The van der Waals surface area contributed by atoms with Gasteiger partial charge in [0.15, 0.2) is 0 Å². The van der Waals surface area contributed by atoms with E-state index >= 15 is 0 Å². The molecule has 0 heterocycles. The Labute approximate surface area is 87.7 Å². The van der Waals surface area contributed by atoms with Gasteiger partial charge >= 0.3 is 0 Å². The van der Waals surface area contributed by atoms with Gasteiger partial charge in [-0.25, -0.2) is 0 Å². The lowest BCUT2D eigenvalue weighted by atomic mass is 9.81. The van der Waals surface area contributed by atoms with Crippen molar-refractivity contribution >= 4 is 0 Å². The van der Waals surface area contributed by atoms with E-state index in [1.165, 1.54) is 12.8 Å². The van der Waals surface area contributed by atoms with Crippen LogP contribution in [0.25, 0.3) is 0 Å². The van der Waals surface area contributed by atoms with Gasteiger partial charge in [-0.1, -0.05) is 33.6 Å². The molecule has 0 aromatic heterocycles. The molecule has 1 N–H and O–H groups in total. The predicted molar refractivity (Wildman–Crippen MR) is 58.2 cm³/mol. The van der Waals surface area contributed by atoms with Gasteiger partial charge in [0.2, 0.25) is 0 Å². The molecule has 84 valence electrons. The summed E-state index contributed by atoms with van der Waals surface area (Å²) in [4.78, 5) is 0. The zero-order valence-corrected chi connectivity index (χ0v) is 9.92. The molecule has 2 heteroatoms. The number of hydrogen-bond donors (Lipinski definition) is 1. The van der Waals surface area contributed by atoms with Crippen molar-refractivity contribution in [2.75, 3.05) is 7.11 Å². The summed E-state index contributed by atoms with van der Waals surface area (Å²) in [5.41, 5.74) is 0.0246. The van der Waals surface area contributed by atoms with Crippen LogP contribution in [0.1, 0.15) is 46.5 Å². The quantitative estimate of drug-likeness (QED) is 0.759. The van der Waals surface area contributed by atoms with Crippen molar-refractivity contribution < 1.29 is 9.84 Å². The van der Waals surface area contributed by atoms with Crippen molar-refractivity contribution in [2.45, 2.75) is 58.7 Å². The molecule has 0 aromatic rings. The van der Waals surface area contributed by atoms with Gasteiger partial charge in [-0.2, -0.15) is 0 Å². The number of aliphatic hydroxyl groups excluding tert-OH is 1. The lowest BCUT2D eigenvalue weighted by molar-refractivity contribution is -0.0917. The number of rotatable bonds is 3. The molecule has 1 saturated carbocycles. The van der Waals surface area contributed by atoms with Crippen LogP contribution in [0.3, 0.4) is 0 Å². The molecule has 1 rings (SSSR count). The molecule has 2 atom stereocenters. The summed E-state index contributed by atoms with van der Waals surface area (Å²) < 4.78 is 5.44. The van der Waals surface area contributed by atoms with Crippen molar-refractivity contribution in [3.63, 3.8) is 0 Å². The molecule has 1 aliphatic carbocycles. The highest BCUT2D eigenvalue weighted by atomic mass is 16.5. The van der Waals surface area contributed by atoms with Crippen molar-refractivity contribution in [3.05, 3.63) is 0 Å². The van der Waals surface area contributed by atoms with Gasteiger partial charge in [-0.3, -0.25) is 0 Å². The first-order valence-corrected chi connectivity index (χ1v) is 5.67. The molecule has 0 spiro atoms. The van der Waals surface area contributed by atoms with Gasteiger partial charge in [0.1, 0.15) is 0 Å². The first-order chi connectivity index (χ1) is 6.46. The summed E-state index contributed by atoms with van der Waals surface area (Å²) in [5.74, 6) is 0.458. The highest BCUT2D eigenvalue weighted by Crippen LogP contribution is 2.34. The minimum absolute atomic E-state index is 0.0246. The van der Waals surface area contributed by atoms with Gasteiger partial charge in [0.25, 0.3) is 0 Å². The highest BCUT2D eigenvalue weighted by molar-refractivity contribution is 4.87. The third kappa shape index (κ3) is 2.71. The molecule has 2 unspecified atom stereocenters. The Balaban J connectivity index is 2.59. The minimum Gasteiger partial charge on any atom is -0.390 e. The summed E-state index contributed by atoms with van der Waals surface area (Å²) in [6.45, 7) is 6.37. The summed E-state index contributed by atoms with van der Waals surface area (Å²) in [7, 11) is 1.70. The second kappa shape index (κ2) is 4.63. The molecule has 0 aromatic carbocycles. The maximum atomic E-state index is 10.2. The zero-order chi connectivity index (χ0) is 10.8. The molecule has 14 heavy (non-hydrogen) atoms. The number of aliphatic hydroxyl groups is 1. The topological polar surface area (TPSA) is 29.5 Å². The van der Waals surface area contributed by atoms with Crippen LogP contribution in [0, 0.1) is 11.3 Å². The maximum absolute atomic E-state index is 10.2. The van der Waals surface area contributed by atoms with Crippen LogP contribution in [0.15, 0.2) is 0 Å². The van der Waals surface area contributed by atoms with Gasteiger partial charge in [-0.05, 0) is 24.2 Å². The van der Waals surface area contributed by atoms with Crippen LogP contribution in [0.5, 0.6) is 0 Å². The molecule has 0 amide bonds. The van der Waals surface area contributed by atoms with E-state index in [1.807, 2.05) is 0 Å². The average molecular weight is 200 g/mol. The third-order valence-corrected chi connectivity index (χ3v) is 3.30. The Hall–Kier alpha value is -0.0800. The van der Waals surface area contributed by atoms with Crippen molar-refractivity contribution in [3.8, 4) is 0 Å². The molecule has 0 saturated heterocycles. The molecular weight excluding hydrogens is 176 g/mol. The minimum atomic E-state index is -0.289. The van der Waals surface area contributed by atoms with Crippen LogP contribution >= 0.6 is 0 Å². The van der Waals surface area contributed by atoms with Gasteiger partial charge < -0.3 is 9.84 Å². The molecule has 0 aliphatic heterocycles. The van der Waals surface area contributed by atoms with Crippen LogP contribution < -0.4 is 0 Å². The van der Waals surface area contributed by atoms with Crippen LogP contribution in [-0.4, -0.2) is 24.4 Å². The Bertz CT molecular complexity index is 166. The summed E-state index contributed by atoms with van der Waals surface area (Å²) in [5, 5.41) is 10.2. The Kier molecular flexibility index (Phi) is 3.96. The summed E-state index contributed by atoms with van der Waals surface area (Å²) >= 11 is 0. The normalized spacial score (nSPS) is 23.8. The molecule has 1 aliphatic rings. The summed E-state index contributed by atoms with van der Waals surface area (Å²) in [6.07, 6.45) is 4.53. The van der Waals surface area contributed by atoms with E-state index < -0.39 is 0 Å². The van der Waals surface area contributed by atoms with Crippen LogP contribution in [0.2, 0.25) is 0 Å². The smallest absolute Gasteiger partial charge is 0.0880 e. The lowest BCUT2D eigenvalue weighted by Gasteiger charge is -2.35. The first kappa shape index (κ1) is 12.0. The molecule has 2 nitrogen and oxygen atoms in total. The van der Waals surface area contributed by atoms with Crippen molar-refractivity contribution in [1.82, 2.24) is 0 Å². The largest absolute Gasteiger partial charge is 0.390 e. The Morgan fingerprint density at radius 3 is 2.07 bits per heavy atom. The maximum Gasteiger partial charge on any atom is 0.0880 e. The Morgan fingerprint density at radius 2 is 1.71 bits per heavy atom. The SMILES string of the molecule is COC(C(O)C1CCCC1)C(C)(C)C. The van der Waals surface area contributed by atoms with Gasteiger partial charge in [-0.15, -0.1) is 0 Å². The fourth-order valence-corrected chi connectivity index (χ4v) is 2.55. The summed E-state index contributed by atoms with van der Waals surface area (Å²) in [6, 6.07) is 0.